The molecule has 1 fully saturated rings. The highest BCUT2D eigenvalue weighted by atomic mass is 15.2. The second-order valence-electron chi connectivity index (χ2n) is 6.20. The summed E-state index contributed by atoms with van der Waals surface area (Å²) in [6.45, 7) is 5.94. The number of fused-ring (bicyclic) bond motifs is 1. The van der Waals surface area contributed by atoms with Crippen molar-refractivity contribution in [3.8, 4) is 0 Å². The lowest BCUT2D eigenvalue weighted by Gasteiger charge is -2.10. The normalized spacial score (nSPS) is 15.6. The molecule has 1 aliphatic carbocycles. The Morgan fingerprint density at radius 3 is 2.92 bits per heavy atom. The molecular weight excluding hydrogens is 308 g/mol. The van der Waals surface area contributed by atoms with Crippen molar-refractivity contribution in [1.82, 2.24) is 14.6 Å². The van der Waals surface area contributed by atoms with Crippen LogP contribution in [0.5, 0.6) is 0 Å². The van der Waals surface area contributed by atoms with E-state index < -0.39 is 0 Å². The zero-order valence-corrected chi connectivity index (χ0v) is 14.3. The molecule has 1 saturated carbocycles. The second-order valence-corrected chi connectivity index (χ2v) is 6.20. The smallest absolute Gasteiger partial charge is 0.155 e. The fourth-order valence-corrected chi connectivity index (χ4v) is 3.07. The van der Waals surface area contributed by atoms with Gasteiger partial charge in [-0.25, -0.2) is 9.50 Å². The molecule has 0 N–H and O–H groups in total. The van der Waals surface area contributed by atoms with Gasteiger partial charge < -0.3 is 0 Å². The van der Waals surface area contributed by atoms with Crippen molar-refractivity contribution < 1.29 is 0 Å². The molecule has 124 valence electrons. The third kappa shape index (κ3) is 3.03. The van der Waals surface area contributed by atoms with Crippen LogP contribution in [0.15, 0.2) is 66.4 Å². The summed E-state index contributed by atoms with van der Waals surface area (Å²) in [5, 5.41) is 4.20. The van der Waals surface area contributed by atoms with E-state index in [0.717, 1.165) is 28.2 Å². The van der Waals surface area contributed by atoms with Crippen LogP contribution in [0, 0.1) is 0 Å². The van der Waals surface area contributed by atoms with E-state index in [9.17, 15) is 0 Å². The first kappa shape index (κ1) is 15.5. The first-order valence-corrected chi connectivity index (χ1v) is 8.56. The van der Waals surface area contributed by atoms with Crippen LogP contribution in [0.2, 0.25) is 0 Å². The fourth-order valence-electron chi connectivity index (χ4n) is 3.07. The van der Waals surface area contributed by atoms with Crippen LogP contribution in [0.25, 0.3) is 16.9 Å². The standard InChI is InChI=1S/C21H20N4/c1-3-18(19-11-13-25-20(24-19)10-12-23-25)21(22-4-2)17-7-5-6-16(14-17)15-8-9-15/h3-7,10-15H,1,8-9H2,2H3/b21-18+,22-4-. The Morgan fingerprint density at radius 2 is 2.16 bits per heavy atom. The zero-order chi connectivity index (χ0) is 17.2. The Bertz CT molecular complexity index is 990. The zero-order valence-electron chi connectivity index (χ0n) is 14.3. The molecule has 25 heavy (non-hydrogen) atoms. The molecule has 0 atom stereocenters. The quantitative estimate of drug-likeness (QED) is 0.501. The number of hydrogen-bond donors (Lipinski definition) is 0. The number of nitrogens with zero attached hydrogens (tertiary/aromatic N) is 4. The summed E-state index contributed by atoms with van der Waals surface area (Å²) in [7, 11) is 0. The van der Waals surface area contributed by atoms with E-state index in [0.29, 0.717) is 5.92 Å². The second kappa shape index (κ2) is 6.48. The van der Waals surface area contributed by atoms with E-state index in [-0.39, 0.29) is 0 Å². The number of aliphatic imine (C=N–C) groups is 1. The molecule has 3 aromatic rings. The highest BCUT2D eigenvalue weighted by Crippen LogP contribution is 2.41. The van der Waals surface area contributed by atoms with Gasteiger partial charge in [0, 0.05) is 29.6 Å². The molecule has 4 rings (SSSR count). The van der Waals surface area contributed by atoms with Gasteiger partial charge >= 0.3 is 0 Å². The first-order chi connectivity index (χ1) is 12.3. The van der Waals surface area contributed by atoms with Gasteiger partial charge in [0.25, 0.3) is 0 Å². The van der Waals surface area contributed by atoms with Crippen LogP contribution >= 0.6 is 0 Å². The Labute approximate surface area is 147 Å². The van der Waals surface area contributed by atoms with Crippen LogP contribution in [-0.2, 0) is 0 Å². The van der Waals surface area contributed by atoms with E-state index in [2.05, 4.69) is 40.9 Å². The number of rotatable bonds is 5. The van der Waals surface area contributed by atoms with Crippen molar-refractivity contribution in [3.63, 3.8) is 0 Å². The summed E-state index contributed by atoms with van der Waals surface area (Å²) in [4.78, 5) is 9.35. The SMILES string of the molecule is C=C/C(=C(\N=C/C)c1cccc(C2CC2)c1)c1ccn2nccc2n1. The van der Waals surface area contributed by atoms with E-state index in [1.807, 2.05) is 37.5 Å². The van der Waals surface area contributed by atoms with Gasteiger partial charge in [-0.15, -0.1) is 0 Å². The van der Waals surface area contributed by atoms with Crippen molar-refractivity contribution >= 4 is 23.1 Å². The maximum atomic E-state index is 4.70. The number of benzene rings is 1. The summed E-state index contributed by atoms with van der Waals surface area (Å²) in [6.07, 6.45) is 9.88. The van der Waals surface area contributed by atoms with Crippen molar-refractivity contribution in [2.45, 2.75) is 25.7 Å². The summed E-state index contributed by atoms with van der Waals surface area (Å²) >= 11 is 0. The molecule has 1 aromatic carbocycles. The molecule has 1 aliphatic rings. The van der Waals surface area contributed by atoms with E-state index in [4.69, 9.17) is 4.98 Å². The Balaban J connectivity index is 1.88. The van der Waals surface area contributed by atoms with Crippen LogP contribution in [0.1, 0.15) is 42.5 Å². The van der Waals surface area contributed by atoms with Crippen LogP contribution in [0.4, 0.5) is 0 Å². The molecule has 0 radical (unpaired) electrons. The van der Waals surface area contributed by atoms with Crippen molar-refractivity contribution in [1.29, 1.82) is 0 Å². The van der Waals surface area contributed by atoms with Gasteiger partial charge in [0.1, 0.15) is 0 Å². The molecule has 0 spiro atoms. The molecule has 0 bridgehead atoms. The predicted molar refractivity (Wildman–Crippen MR) is 103 cm³/mol. The molecule has 0 aliphatic heterocycles. The van der Waals surface area contributed by atoms with Gasteiger partial charge in [-0.3, -0.25) is 4.99 Å². The summed E-state index contributed by atoms with van der Waals surface area (Å²) < 4.78 is 1.75. The molecule has 0 saturated heterocycles. The molecule has 2 aromatic heterocycles. The Morgan fingerprint density at radius 1 is 1.28 bits per heavy atom. The number of allylic oxidation sites excluding steroid dienone is 2. The lowest BCUT2D eigenvalue weighted by molar-refractivity contribution is 0.936. The summed E-state index contributed by atoms with van der Waals surface area (Å²) in [6, 6.07) is 12.5. The first-order valence-electron chi connectivity index (χ1n) is 8.56. The highest BCUT2D eigenvalue weighted by Gasteiger charge is 2.24. The monoisotopic (exact) mass is 328 g/mol. The van der Waals surface area contributed by atoms with Crippen molar-refractivity contribution in [2.24, 2.45) is 4.99 Å². The topological polar surface area (TPSA) is 42.5 Å². The number of aromatic nitrogens is 3. The average molecular weight is 328 g/mol. The maximum Gasteiger partial charge on any atom is 0.155 e. The highest BCUT2D eigenvalue weighted by molar-refractivity contribution is 5.96. The largest absolute Gasteiger partial charge is 0.260 e. The van der Waals surface area contributed by atoms with Gasteiger partial charge in [0.05, 0.1) is 17.6 Å². The molecule has 0 unspecified atom stereocenters. The predicted octanol–water partition coefficient (Wildman–Crippen LogP) is 4.75. The minimum Gasteiger partial charge on any atom is -0.260 e. The molecule has 0 amide bonds. The minimum absolute atomic E-state index is 0.709. The Hall–Kier alpha value is -3.01. The number of hydrogen-bond acceptors (Lipinski definition) is 3. The van der Waals surface area contributed by atoms with E-state index >= 15 is 0 Å². The van der Waals surface area contributed by atoms with Crippen LogP contribution < -0.4 is 0 Å². The third-order valence-corrected chi connectivity index (χ3v) is 4.46. The average Bonchev–Trinajstić information content (AvgIpc) is 3.39. The third-order valence-electron chi connectivity index (χ3n) is 4.46. The lowest BCUT2D eigenvalue weighted by atomic mass is 10.0. The van der Waals surface area contributed by atoms with Gasteiger partial charge in [0.2, 0.25) is 0 Å². The molecule has 4 heteroatoms. The van der Waals surface area contributed by atoms with E-state index in [1.165, 1.54) is 18.4 Å². The van der Waals surface area contributed by atoms with Crippen molar-refractivity contribution in [3.05, 3.63) is 78.3 Å². The molecular formula is C21H20N4. The van der Waals surface area contributed by atoms with Gasteiger partial charge in [0.15, 0.2) is 5.65 Å². The van der Waals surface area contributed by atoms with Gasteiger partial charge in [-0.1, -0.05) is 30.9 Å². The summed E-state index contributed by atoms with van der Waals surface area (Å²) in [5.74, 6) is 0.709. The lowest BCUT2D eigenvalue weighted by Crippen LogP contribution is -1.96. The molecule has 2 heterocycles. The van der Waals surface area contributed by atoms with Crippen LogP contribution in [-0.4, -0.2) is 20.8 Å². The van der Waals surface area contributed by atoms with Gasteiger partial charge in [-0.05, 0) is 43.4 Å². The van der Waals surface area contributed by atoms with E-state index in [1.54, 1.807) is 10.7 Å². The fraction of sp³-hybridized carbons (Fsp3) is 0.190. The van der Waals surface area contributed by atoms with Crippen LogP contribution in [0.3, 0.4) is 0 Å². The van der Waals surface area contributed by atoms with Gasteiger partial charge in [-0.2, -0.15) is 5.10 Å². The molecule has 4 nitrogen and oxygen atoms in total. The summed E-state index contributed by atoms with van der Waals surface area (Å²) in [5.41, 5.74) is 5.98. The maximum absolute atomic E-state index is 4.70. The minimum atomic E-state index is 0.709. The van der Waals surface area contributed by atoms with Crippen molar-refractivity contribution in [2.75, 3.05) is 0 Å². The Kier molecular flexibility index (Phi) is 4.02.